The van der Waals surface area contributed by atoms with Crippen LogP contribution in [0, 0.1) is 0 Å². The van der Waals surface area contributed by atoms with E-state index in [9.17, 15) is 0 Å². The van der Waals surface area contributed by atoms with E-state index in [2.05, 4.69) is 48.3 Å². The van der Waals surface area contributed by atoms with Gasteiger partial charge in [-0.25, -0.2) is 9.97 Å². The van der Waals surface area contributed by atoms with Crippen LogP contribution < -0.4 is 10.6 Å². The Kier molecular flexibility index (Phi) is 7.30. The van der Waals surface area contributed by atoms with Crippen molar-refractivity contribution in [3.8, 4) is 0 Å². The molecule has 0 amide bonds. The second-order valence-electron chi connectivity index (χ2n) is 5.39. The second kappa shape index (κ2) is 8.74. The molecule has 0 bridgehead atoms. The van der Waals surface area contributed by atoms with E-state index in [1.807, 2.05) is 0 Å². The number of aromatic nitrogens is 2. The van der Waals surface area contributed by atoms with E-state index in [0.717, 1.165) is 43.2 Å². The molecule has 1 rings (SSSR count). The quantitative estimate of drug-likeness (QED) is 0.727. The molecule has 0 aromatic carbocycles. The lowest BCUT2D eigenvalue weighted by Gasteiger charge is -2.20. The number of ether oxygens (including phenoxy) is 1. The Balaban J connectivity index is 2.88. The lowest BCUT2D eigenvalue weighted by Crippen LogP contribution is -2.20. The number of anilines is 2. The van der Waals surface area contributed by atoms with Crippen LogP contribution in [0.15, 0.2) is 6.33 Å². The van der Waals surface area contributed by atoms with Crippen LogP contribution in [0.25, 0.3) is 0 Å². The number of hydrogen-bond donors (Lipinski definition) is 2. The Bertz CT molecular complexity index is 395. The first-order valence-corrected chi connectivity index (χ1v) is 7.44. The van der Waals surface area contributed by atoms with Gasteiger partial charge in [0.15, 0.2) is 0 Å². The highest BCUT2D eigenvalue weighted by molar-refractivity contribution is 5.59. The van der Waals surface area contributed by atoms with E-state index in [1.165, 1.54) is 0 Å². The Hall–Kier alpha value is -1.36. The minimum atomic E-state index is 0.321. The SMILES string of the molecule is CCCNc1ncnc(NC(C)CCOC)c1C(C)C. The van der Waals surface area contributed by atoms with Crippen LogP contribution in [-0.4, -0.2) is 36.3 Å². The van der Waals surface area contributed by atoms with Gasteiger partial charge in [0.1, 0.15) is 18.0 Å². The number of nitrogens with zero attached hydrogens (tertiary/aromatic N) is 2. The molecule has 1 heterocycles. The molecule has 1 aromatic heterocycles. The monoisotopic (exact) mass is 280 g/mol. The van der Waals surface area contributed by atoms with Gasteiger partial charge >= 0.3 is 0 Å². The molecule has 1 atom stereocenters. The summed E-state index contributed by atoms with van der Waals surface area (Å²) in [5, 5.41) is 6.86. The summed E-state index contributed by atoms with van der Waals surface area (Å²) in [5.74, 6) is 2.24. The summed E-state index contributed by atoms with van der Waals surface area (Å²) >= 11 is 0. The van der Waals surface area contributed by atoms with Gasteiger partial charge in [-0.15, -0.1) is 0 Å². The fourth-order valence-electron chi connectivity index (χ4n) is 2.04. The zero-order valence-corrected chi connectivity index (χ0v) is 13.4. The maximum Gasteiger partial charge on any atom is 0.135 e. The molecule has 0 fully saturated rings. The largest absolute Gasteiger partial charge is 0.385 e. The molecule has 0 aliphatic carbocycles. The smallest absolute Gasteiger partial charge is 0.135 e. The molecule has 0 aliphatic heterocycles. The second-order valence-corrected chi connectivity index (χ2v) is 5.39. The van der Waals surface area contributed by atoms with Gasteiger partial charge in [-0.3, -0.25) is 0 Å². The molecule has 0 aliphatic rings. The van der Waals surface area contributed by atoms with Gasteiger partial charge in [0.05, 0.1) is 0 Å². The Morgan fingerprint density at radius 3 is 2.50 bits per heavy atom. The maximum absolute atomic E-state index is 5.12. The summed E-state index contributed by atoms with van der Waals surface area (Å²) < 4.78 is 5.12. The molecule has 1 aromatic rings. The fraction of sp³-hybridized carbons (Fsp3) is 0.733. The van der Waals surface area contributed by atoms with E-state index in [4.69, 9.17) is 4.74 Å². The van der Waals surface area contributed by atoms with Crippen molar-refractivity contribution < 1.29 is 4.74 Å². The molecule has 0 saturated carbocycles. The van der Waals surface area contributed by atoms with Crippen LogP contribution in [0.5, 0.6) is 0 Å². The molecule has 0 saturated heterocycles. The third-order valence-corrected chi connectivity index (χ3v) is 3.14. The average Bonchev–Trinajstić information content (AvgIpc) is 2.42. The highest BCUT2D eigenvalue weighted by atomic mass is 16.5. The van der Waals surface area contributed by atoms with E-state index >= 15 is 0 Å². The standard InChI is InChI=1S/C15H28N4O/c1-6-8-16-14-13(11(2)3)15(18-10-17-14)19-12(4)7-9-20-5/h10-12H,6-9H2,1-5H3,(H2,16,17,18,19). The van der Waals surface area contributed by atoms with Crippen LogP contribution in [0.4, 0.5) is 11.6 Å². The van der Waals surface area contributed by atoms with Crippen molar-refractivity contribution in [2.75, 3.05) is 30.9 Å². The van der Waals surface area contributed by atoms with Gasteiger partial charge in [-0.2, -0.15) is 0 Å². The summed E-state index contributed by atoms with van der Waals surface area (Å²) in [6, 6.07) is 0.321. The van der Waals surface area contributed by atoms with Crippen LogP contribution in [-0.2, 0) is 4.74 Å². The Morgan fingerprint density at radius 2 is 1.90 bits per heavy atom. The minimum absolute atomic E-state index is 0.321. The van der Waals surface area contributed by atoms with Gasteiger partial charge < -0.3 is 15.4 Å². The first-order chi connectivity index (χ1) is 9.60. The van der Waals surface area contributed by atoms with Crippen molar-refractivity contribution in [1.29, 1.82) is 0 Å². The highest BCUT2D eigenvalue weighted by Gasteiger charge is 2.16. The highest BCUT2D eigenvalue weighted by Crippen LogP contribution is 2.28. The van der Waals surface area contributed by atoms with Crippen molar-refractivity contribution in [3.05, 3.63) is 11.9 Å². The Labute approximate surface area is 122 Å². The zero-order valence-electron chi connectivity index (χ0n) is 13.4. The van der Waals surface area contributed by atoms with Crippen molar-refractivity contribution >= 4 is 11.6 Å². The third-order valence-electron chi connectivity index (χ3n) is 3.14. The minimum Gasteiger partial charge on any atom is -0.385 e. The molecule has 2 N–H and O–H groups in total. The summed E-state index contributed by atoms with van der Waals surface area (Å²) in [4.78, 5) is 8.79. The zero-order chi connectivity index (χ0) is 15.0. The molecule has 114 valence electrons. The number of methoxy groups -OCH3 is 1. The number of hydrogen-bond acceptors (Lipinski definition) is 5. The lowest BCUT2D eigenvalue weighted by molar-refractivity contribution is 0.191. The van der Waals surface area contributed by atoms with Gasteiger partial charge in [0.2, 0.25) is 0 Å². The van der Waals surface area contributed by atoms with E-state index in [1.54, 1.807) is 13.4 Å². The maximum atomic E-state index is 5.12. The fourth-order valence-corrected chi connectivity index (χ4v) is 2.04. The topological polar surface area (TPSA) is 59.1 Å². The van der Waals surface area contributed by atoms with Gasteiger partial charge in [0, 0.05) is 31.9 Å². The third kappa shape index (κ3) is 4.96. The summed E-state index contributed by atoms with van der Waals surface area (Å²) in [5.41, 5.74) is 1.16. The molecule has 5 nitrogen and oxygen atoms in total. The molecule has 5 heteroatoms. The van der Waals surface area contributed by atoms with Crippen LogP contribution in [0.3, 0.4) is 0 Å². The molecule has 0 spiro atoms. The van der Waals surface area contributed by atoms with Crippen LogP contribution in [0.2, 0.25) is 0 Å². The number of rotatable bonds is 9. The Morgan fingerprint density at radius 1 is 1.20 bits per heavy atom. The van der Waals surface area contributed by atoms with Gasteiger partial charge in [0.25, 0.3) is 0 Å². The molecule has 20 heavy (non-hydrogen) atoms. The molecule has 1 unspecified atom stereocenters. The first-order valence-electron chi connectivity index (χ1n) is 7.44. The van der Waals surface area contributed by atoms with Gasteiger partial charge in [-0.05, 0) is 25.7 Å². The summed E-state index contributed by atoms with van der Waals surface area (Å²) in [7, 11) is 1.73. The molecular weight excluding hydrogens is 252 g/mol. The van der Waals surface area contributed by atoms with E-state index in [-0.39, 0.29) is 0 Å². The lowest BCUT2D eigenvalue weighted by atomic mass is 10.0. The average molecular weight is 280 g/mol. The van der Waals surface area contributed by atoms with Crippen molar-refractivity contribution in [1.82, 2.24) is 9.97 Å². The first kappa shape index (κ1) is 16.7. The number of nitrogens with one attached hydrogen (secondary N) is 2. The normalized spacial score (nSPS) is 12.5. The summed E-state index contributed by atoms with van der Waals surface area (Å²) in [6.07, 6.45) is 3.65. The van der Waals surface area contributed by atoms with Crippen LogP contribution >= 0.6 is 0 Å². The van der Waals surface area contributed by atoms with Crippen molar-refractivity contribution in [2.45, 2.75) is 52.5 Å². The predicted octanol–water partition coefficient (Wildman–Crippen LogP) is 3.26. The van der Waals surface area contributed by atoms with E-state index < -0.39 is 0 Å². The predicted molar refractivity (Wildman–Crippen MR) is 84.5 cm³/mol. The van der Waals surface area contributed by atoms with E-state index in [0.29, 0.717) is 12.0 Å². The summed E-state index contributed by atoms with van der Waals surface area (Å²) in [6.45, 7) is 10.3. The van der Waals surface area contributed by atoms with Crippen molar-refractivity contribution in [3.63, 3.8) is 0 Å². The van der Waals surface area contributed by atoms with Gasteiger partial charge in [-0.1, -0.05) is 20.8 Å². The van der Waals surface area contributed by atoms with Crippen LogP contribution in [0.1, 0.15) is 52.0 Å². The molecular formula is C15H28N4O. The molecule has 0 radical (unpaired) electrons. The van der Waals surface area contributed by atoms with Crippen molar-refractivity contribution in [2.24, 2.45) is 0 Å².